The standard InChI is InChI=1S/C13H15F2NO4S/c14-13(15)20-11-3-1-9(2-4-11)7-12(17)16-10-5-6-21(18,19)8-10/h1-4,10,13H,5-8H2,(H,16,17). The Labute approximate surface area is 121 Å². The molecule has 0 saturated carbocycles. The lowest BCUT2D eigenvalue weighted by atomic mass is 10.1. The molecule has 1 aromatic rings. The maximum absolute atomic E-state index is 12.0. The third-order valence-corrected chi connectivity index (χ3v) is 4.88. The molecule has 116 valence electrons. The van der Waals surface area contributed by atoms with Gasteiger partial charge in [-0.15, -0.1) is 0 Å². The number of alkyl halides is 2. The largest absolute Gasteiger partial charge is 0.435 e. The fourth-order valence-electron chi connectivity index (χ4n) is 2.16. The van der Waals surface area contributed by atoms with Crippen molar-refractivity contribution in [2.75, 3.05) is 11.5 Å². The van der Waals surface area contributed by atoms with Crippen LogP contribution in [0.2, 0.25) is 0 Å². The van der Waals surface area contributed by atoms with Crippen LogP contribution in [0.15, 0.2) is 24.3 Å². The van der Waals surface area contributed by atoms with Crippen LogP contribution in [-0.4, -0.2) is 38.5 Å². The van der Waals surface area contributed by atoms with E-state index < -0.39 is 16.4 Å². The van der Waals surface area contributed by atoms with Crippen LogP contribution in [0.5, 0.6) is 5.75 Å². The van der Waals surface area contributed by atoms with Crippen molar-refractivity contribution in [2.45, 2.75) is 25.5 Å². The molecule has 1 amide bonds. The van der Waals surface area contributed by atoms with Crippen LogP contribution >= 0.6 is 0 Å². The van der Waals surface area contributed by atoms with E-state index in [0.717, 1.165) is 0 Å². The lowest BCUT2D eigenvalue weighted by Crippen LogP contribution is -2.36. The fraction of sp³-hybridized carbons (Fsp3) is 0.462. The number of rotatable bonds is 5. The molecule has 2 rings (SSSR count). The van der Waals surface area contributed by atoms with Crippen molar-refractivity contribution in [1.82, 2.24) is 5.32 Å². The van der Waals surface area contributed by atoms with Gasteiger partial charge in [0.25, 0.3) is 0 Å². The molecule has 1 atom stereocenters. The summed E-state index contributed by atoms with van der Waals surface area (Å²) in [6, 6.07) is 5.40. The second-order valence-electron chi connectivity index (χ2n) is 4.87. The van der Waals surface area contributed by atoms with E-state index in [9.17, 15) is 22.0 Å². The Morgan fingerprint density at radius 2 is 2.00 bits per heavy atom. The number of amides is 1. The van der Waals surface area contributed by atoms with E-state index in [4.69, 9.17) is 0 Å². The molecule has 1 saturated heterocycles. The maximum atomic E-state index is 12.0. The number of hydrogen-bond acceptors (Lipinski definition) is 4. The van der Waals surface area contributed by atoms with Crippen LogP contribution in [0.25, 0.3) is 0 Å². The molecule has 21 heavy (non-hydrogen) atoms. The molecule has 8 heteroatoms. The van der Waals surface area contributed by atoms with Gasteiger partial charge in [0, 0.05) is 6.04 Å². The predicted octanol–water partition coefficient (Wildman–Crippen LogP) is 1.13. The first-order chi connectivity index (χ1) is 9.84. The van der Waals surface area contributed by atoms with Gasteiger partial charge in [-0.05, 0) is 24.1 Å². The Hall–Kier alpha value is -1.70. The van der Waals surface area contributed by atoms with Crippen molar-refractivity contribution in [2.24, 2.45) is 0 Å². The van der Waals surface area contributed by atoms with E-state index >= 15 is 0 Å². The smallest absolute Gasteiger partial charge is 0.387 e. The molecule has 1 aliphatic heterocycles. The summed E-state index contributed by atoms with van der Waals surface area (Å²) in [7, 11) is -3.03. The highest BCUT2D eigenvalue weighted by Gasteiger charge is 2.28. The molecule has 1 aliphatic rings. The lowest BCUT2D eigenvalue weighted by Gasteiger charge is -2.11. The molecule has 1 fully saturated rings. The summed E-state index contributed by atoms with van der Waals surface area (Å²) in [5.74, 6) is -0.201. The molecule has 1 unspecified atom stereocenters. The minimum absolute atomic E-state index is 0.0241. The van der Waals surface area contributed by atoms with Crippen LogP contribution in [0.3, 0.4) is 0 Å². The second kappa shape index (κ2) is 6.38. The zero-order chi connectivity index (χ0) is 15.5. The SMILES string of the molecule is O=C(Cc1ccc(OC(F)F)cc1)NC1CCS(=O)(=O)C1. The van der Waals surface area contributed by atoms with Crippen molar-refractivity contribution >= 4 is 15.7 Å². The van der Waals surface area contributed by atoms with Gasteiger partial charge >= 0.3 is 6.61 Å². The number of benzene rings is 1. The van der Waals surface area contributed by atoms with Gasteiger partial charge in [-0.2, -0.15) is 8.78 Å². The van der Waals surface area contributed by atoms with E-state index in [1.54, 1.807) is 0 Å². The zero-order valence-electron chi connectivity index (χ0n) is 11.1. The van der Waals surface area contributed by atoms with Crippen molar-refractivity contribution < 1.29 is 26.7 Å². The number of carbonyl (C=O) groups is 1. The van der Waals surface area contributed by atoms with Crippen LogP contribution < -0.4 is 10.1 Å². The minimum atomic E-state index is -3.03. The quantitative estimate of drug-likeness (QED) is 0.883. The number of sulfone groups is 1. The van der Waals surface area contributed by atoms with Crippen molar-refractivity contribution in [1.29, 1.82) is 0 Å². The molecule has 5 nitrogen and oxygen atoms in total. The molecule has 0 spiro atoms. The van der Waals surface area contributed by atoms with Crippen LogP contribution in [0.4, 0.5) is 8.78 Å². The molecular formula is C13H15F2NO4S. The Morgan fingerprint density at radius 3 is 2.52 bits per heavy atom. The highest BCUT2D eigenvalue weighted by Crippen LogP contribution is 2.16. The van der Waals surface area contributed by atoms with E-state index in [0.29, 0.717) is 12.0 Å². The maximum Gasteiger partial charge on any atom is 0.387 e. The normalized spacial score (nSPS) is 20.4. The average Bonchev–Trinajstić information content (AvgIpc) is 2.70. The highest BCUT2D eigenvalue weighted by atomic mass is 32.2. The fourth-order valence-corrected chi connectivity index (χ4v) is 3.84. The molecular weight excluding hydrogens is 304 g/mol. The Bertz CT molecular complexity index is 601. The highest BCUT2D eigenvalue weighted by molar-refractivity contribution is 7.91. The van der Waals surface area contributed by atoms with E-state index in [2.05, 4.69) is 10.1 Å². The number of hydrogen-bond donors (Lipinski definition) is 1. The van der Waals surface area contributed by atoms with Gasteiger partial charge in [0.1, 0.15) is 5.75 Å². The molecule has 0 bridgehead atoms. The number of nitrogens with one attached hydrogen (secondary N) is 1. The number of halogens is 2. The van der Waals surface area contributed by atoms with Gasteiger partial charge in [-0.25, -0.2) is 8.42 Å². The Balaban J connectivity index is 1.85. The van der Waals surface area contributed by atoms with Gasteiger partial charge in [0.15, 0.2) is 9.84 Å². The monoisotopic (exact) mass is 319 g/mol. The first-order valence-electron chi connectivity index (χ1n) is 6.37. The molecule has 0 radical (unpaired) electrons. The third-order valence-electron chi connectivity index (χ3n) is 3.11. The number of carbonyl (C=O) groups excluding carboxylic acids is 1. The average molecular weight is 319 g/mol. The van der Waals surface area contributed by atoms with Gasteiger partial charge in [-0.3, -0.25) is 4.79 Å². The Kier molecular flexibility index (Phi) is 4.76. The second-order valence-corrected chi connectivity index (χ2v) is 7.10. The van der Waals surface area contributed by atoms with Gasteiger partial charge in [-0.1, -0.05) is 12.1 Å². The molecule has 1 N–H and O–H groups in total. The minimum Gasteiger partial charge on any atom is -0.435 e. The van der Waals surface area contributed by atoms with E-state index in [1.807, 2.05) is 0 Å². The summed E-state index contributed by atoms with van der Waals surface area (Å²) < 4.78 is 50.7. The predicted molar refractivity (Wildman–Crippen MR) is 72.0 cm³/mol. The van der Waals surface area contributed by atoms with Crippen molar-refractivity contribution in [3.63, 3.8) is 0 Å². The summed E-state index contributed by atoms with van der Waals surface area (Å²) in [6.07, 6.45) is 0.487. The van der Waals surface area contributed by atoms with Gasteiger partial charge in [0.05, 0.1) is 17.9 Å². The summed E-state index contributed by atoms with van der Waals surface area (Å²) >= 11 is 0. The van der Waals surface area contributed by atoms with Gasteiger partial charge < -0.3 is 10.1 Å². The summed E-state index contributed by atoms with van der Waals surface area (Å²) in [5.41, 5.74) is 0.634. The summed E-state index contributed by atoms with van der Waals surface area (Å²) in [5, 5.41) is 2.66. The summed E-state index contributed by atoms with van der Waals surface area (Å²) in [4.78, 5) is 11.8. The third kappa shape index (κ3) is 4.96. The van der Waals surface area contributed by atoms with Gasteiger partial charge in [0.2, 0.25) is 5.91 Å². The van der Waals surface area contributed by atoms with E-state index in [1.165, 1.54) is 24.3 Å². The number of ether oxygens (including phenoxy) is 1. The molecule has 0 aliphatic carbocycles. The zero-order valence-corrected chi connectivity index (χ0v) is 11.9. The van der Waals surface area contributed by atoms with Crippen LogP contribution in [-0.2, 0) is 21.1 Å². The Morgan fingerprint density at radius 1 is 1.33 bits per heavy atom. The topological polar surface area (TPSA) is 72.5 Å². The van der Waals surface area contributed by atoms with E-state index in [-0.39, 0.29) is 35.6 Å². The van der Waals surface area contributed by atoms with Crippen LogP contribution in [0, 0.1) is 0 Å². The first kappa shape index (κ1) is 15.7. The van der Waals surface area contributed by atoms with Crippen molar-refractivity contribution in [3.8, 4) is 5.75 Å². The molecule has 1 aromatic carbocycles. The molecule has 1 heterocycles. The molecule has 0 aromatic heterocycles. The van der Waals surface area contributed by atoms with Crippen molar-refractivity contribution in [3.05, 3.63) is 29.8 Å². The first-order valence-corrected chi connectivity index (χ1v) is 8.20. The lowest BCUT2D eigenvalue weighted by molar-refractivity contribution is -0.121. The summed E-state index contributed by atoms with van der Waals surface area (Å²) in [6.45, 7) is -2.89. The van der Waals surface area contributed by atoms with Crippen LogP contribution in [0.1, 0.15) is 12.0 Å².